The van der Waals surface area contributed by atoms with Crippen molar-refractivity contribution in [3.05, 3.63) is 12.2 Å². The van der Waals surface area contributed by atoms with Gasteiger partial charge in [-0.05, 0) is 24.7 Å². The van der Waals surface area contributed by atoms with Gasteiger partial charge in [-0.2, -0.15) is 0 Å². The van der Waals surface area contributed by atoms with Crippen molar-refractivity contribution in [2.75, 3.05) is 0 Å². The molecule has 0 aliphatic heterocycles. The van der Waals surface area contributed by atoms with Gasteiger partial charge in [-0.25, -0.2) is 0 Å². The summed E-state index contributed by atoms with van der Waals surface area (Å²) >= 11 is 0. The molecule has 0 radical (unpaired) electrons. The highest BCUT2D eigenvalue weighted by Crippen LogP contribution is 2.30. The van der Waals surface area contributed by atoms with E-state index in [4.69, 9.17) is 5.11 Å². The summed E-state index contributed by atoms with van der Waals surface area (Å²) in [4.78, 5) is 10.8. The van der Waals surface area contributed by atoms with Crippen molar-refractivity contribution in [2.45, 2.75) is 26.7 Å². The van der Waals surface area contributed by atoms with Crippen LogP contribution >= 0.6 is 0 Å². The SMILES string of the molecule is CC(C)[C@H]1C=CCC[C@@H]1C(=O)O. The molecule has 2 nitrogen and oxygen atoms in total. The van der Waals surface area contributed by atoms with Crippen molar-refractivity contribution in [1.82, 2.24) is 0 Å². The lowest BCUT2D eigenvalue weighted by Crippen LogP contribution is -2.27. The van der Waals surface area contributed by atoms with Crippen LogP contribution in [-0.2, 0) is 4.79 Å². The zero-order valence-electron chi connectivity index (χ0n) is 7.66. The number of hydrogen-bond donors (Lipinski definition) is 1. The summed E-state index contributed by atoms with van der Waals surface area (Å²) in [5, 5.41) is 8.92. The molecule has 68 valence electrons. The largest absolute Gasteiger partial charge is 0.481 e. The predicted octanol–water partition coefficient (Wildman–Crippen LogP) is 2.31. The standard InChI is InChI=1S/C10H16O2/c1-7(2)8-5-3-4-6-9(8)10(11)12/h3,5,7-9H,4,6H2,1-2H3,(H,11,12)/t8-,9+/m1/s1. The van der Waals surface area contributed by atoms with Gasteiger partial charge in [-0.15, -0.1) is 0 Å². The molecule has 1 N–H and O–H groups in total. The van der Waals surface area contributed by atoms with E-state index in [9.17, 15) is 4.79 Å². The molecule has 1 aliphatic carbocycles. The number of aliphatic carboxylic acids is 1. The quantitative estimate of drug-likeness (QED) is 0.642. The molecule has 0 aromatic rings. The van der Waals surface area contributed by atoms with Gasteiger partial charge in [-0.1, -0.05) is 26.0 Å². The van der Waals surface area contributed by atoms with Crippen LogP contribution in [0.1, 0.15) is 26.7 Å². The average Bonchev–Trinajstić information content (AvgIpc) is 2.04. The fourth-order valence-corrected chi connectivity index (χ4v) is 1.83. The van der Waals surface area contributed by atoms with E-state index >= 15 is 0 Å². The molecule has 2 heteroatoms. The van der Waals surface area contributed by atoms with E-state index in [1.165, 1.54) is 0 Å². The van der Waals surface area contributed by atoms with Gasteiger partial charge in [0.1, 0.15) is 0 Å². The zero-order chi connectivity index (χ0) is 9.14. The zero-order valence-corrected chi connectivity index (χ0v) is 7.66. The second-order valence-electron chi connectivity index (χ2n) is 3.77. The summed E-state index contributed by atoms with van der Waals surface area (Å²) < 4.78 is 0. The lowest BCUT2D eigenvalue weighted by Gasteiger charge is -2.27. The molecule has 1 aliphatic rings. The third-order valence-corrected chi connectivity index (χ3v) is 2.55. The number of allylic oxidation sites excluding steroid dienone is 2. The second-order valence-corrected chi connectivity index (χ2v) is 3.77. The van der Waals surface area contributed by atoms with Crippen molar-refractivity contribution in [3.8, 4) is 0 Å². The molecular weight excluding hydrogens is 152 g/mol. The van der Waals surface area contributed by atoms with Gasteiger partial charge in [0.15, 0.2) is 0 Å². The van der Waals surface area contributed by atoms with Crippen LogP contribution in [0, 0.1) is 17.8 Å². The minimum Gasteiger partial charge on any atom is -0.481 e. The summed E-state index contributed by atoms with van der Waals surface area (Å²) in [5.74, 6) is -0.132. The highest BCUT2D eigenvalue weighted by molar-refractivity contribution is 5.71. The smallest absolute Gasteiger partial charge is 0.307 e. The Labute approximate surface area is 73.3 Å². The molecule has 0 saturated carbocycles. The number of carboxylic acids is 1. The molecule has 0 fully saturated rings. The first-order valence-electron chi connectivity index (χ1n) is 4.52. The minimum atomic E-state index is -0.641. The Morgan fingerprint density at radius 1 is 1.58 bits per heavy atom. The van der Waals surface area contributed by atoms with Crippen molar-refractivity contribution in [1.29, 1.82) is 0 Å². The molecule has 0 bridgehead atoms. The van der Waals surface area contributed by atoms with E-state index in [1.54, 1.807) is 0 Å². The van der Waals surface area contributed by atoms with Crippen LogP contribution in [0.25, 0.3) is 0 Å². The van der Waals surface area contributed by atoms with Crippen LogP contribution < -0.4 is 0 Å². The predicted molar refractivity (Wildman–Crippen MR) is 47.8 cm³/mol. The van der Waals surface area contributed by atoms with E-state index in [0.717, 1.165) is 12.8 Å². The molecular formula is C10H16O2. The Hall–Kier alpha value is -0.790. The van der Waals surface area contributed by atoms with Crippen LogP contribution in [0.4, 0.5) is 0 Å². The summed E-state index contributed by atoms with van der Waals surface area (Å²) in [6.07, 6.45) is 5.88. The highest BCUT2D eigenvalue weighted by atomic mass is 16.4. The van der Waals surface area contributed by atoms with E-state index in [1.807, 2.05) is 0 Å². The number of rotatable bonds is 2. The van der Waals surface area contributed by atoms with Crippen LogP contribution in [0.2, 0.25) is 0 Å². The Morgan fingerprint density at radius 2 is 2.25 bits per heavy atom. The number of hydrogen-bond acceptors (Lipinski definition) is 1. The summed E-state index contributed by atoms with van der Waals surface area (Å²) in [6.45, 7) is 4.16. The maximum atomic E-state index is 10.8. The monoisotopic (exact) mass is 168 g/mol. The lowest BCUT2D eigenvalue weighted by molar-refractivity contribution is -0.144. The first kappa shape index (κ1) is 9.30. The molecule has 0 aromatic heterocycles. The van der Waals surface area contributed by atoms with Crippen molar-refractivity contribution in [3.63, 3.8) is 0 Å². The topological polar surface area (TPSA) is 37.3 Å². The van der Waals surface area contributed by atoms with Gasteiger partial charge in [-0.3, -0.25) is 4.79 Å². The van der Waals surface area contributed by atoms with Crippen LogP contribution in [-0.4, -0.2) is 11.1 Å². The normalized spacial score (nSPS) is 29.2. The van der Waals surface area contributed by atoms with Gasteiger partial charge in [0.2, 0.25) is 0 Å². The summed E-state index contributed by atoms with van der Waals surface area (Å²) in [5.41, 5.74) is 0. The van der Waals surface area contributed by atoms with Gasteiger partial charge in [0, 0.05) is 0 Å². The molecule has 12 heavy (non-hydrogen) atoms. The third kappa shape index (κ3) is 1.87. The van der Waals surface area contributed by atoms with Gasteiger partial charge in [0.25, 0.3) is 0 Å². The summed E-state index contributed by atoms with van der Waals surface area (Å²) in [6, 6.07) is 0. The van der Waals surface area contributed by atoms with Crippen molar-refractivity contribution in [2.24, 2.45) is 17.8 Å². The Kier molecular flexibility index (Phi) is 2.90. The molecule has 0 amide bonds. The average molecular weight is 168 g/mol. The summed E-state index contributed by atoms with van der Waals surface area (Å²) in [7, 11) is 0. The Morgan fingerprint density at radius 3 is 2.67 bits per heavy atom. The third-order valence-electron chi connectivity index (χ3n) is 2.55. The molecule has 0 heterocycles. The number of carbonyl (C=O) groups is 1. The van der Waals surface area contributed by atoms with Crippen LogP contribution in [0.15, 0.2) is 12.2 Å². The Bertz CT molecular complexity index is 194. The second kappa shape index (κ2) is 3.74. The fraction of sp³-hybridized carbons (Fsp3) is 0.700. The van der Waals surface area contributed by atoms with Gasteiger partial charge < -0.3 is 5.11 Å². The van der Waals surface area contributed by atoms with Crippen molar-refractivity contribution < 1.29 is 9.90 Å². The van der Waals surface area contributed by atoms with E-state index in [0.29, 0.717) is 5.92 Å². The van der Waals surface area contributed by atoms with Crippen LogP contribution in [0.3, 0.4) is 0 Å². The van der Waals surface area contributed by atoms with Gasteiger partial charge in [0.05, 0.1) is 5.92 Å². The number of carboxylic acid groups (broad SMARTS) is 1. The minimum absolute atomic E-state index is 0.157. The van der Waals surface area contributed by atoms with E-state index in [-0.39, 0.29) is 11.8 Å². The van der Waals surface area contributed by atoms with E-state index < -0.39 is 5.97 Å². The van der Waals surface area contributed by atoms with Gasteiger partial charge >= 0.3 is 5.97 Å². The molecule has 2 atom stereocenters. The maximum Gasteiger partial charge on any atom is 0.307 e. The highest BCUT2D eigenvalue weighted by Gasteiger charge is 2.29. The Balaban J connectivity index is 2.72. The van der Waals surface area contributed by atoms with Crippen molar-refractivity contribution >= 4 is 5.97 Å². The molecule has 0 unspecified atom stereocenters. The molecule has 1 rings (SSSR count). The first-order valence-corrected chi connectivity index (χ1v) is 4.52. The van der Waals surface area contributed by atoms with Crippen LogP contribution in [0.5, 0.6) is 0 Å². The lowest BCUT2D eigenvalue weighted by atomic mass is 9.77. The maximum absolute atomic E-state index is 10.8. The first-order chi connectivity index (χ1) is 5.63. The molecule has 0 spiro atoms. The molecule has 0 saturated heterocycles. The van der Waals surface area contributed by atoms with E-state index in [2.05, 4.69) is 26.0 Å². The fourth-order valence-electron chi connectivity index (χ4n) is 1.83. The molecule has 0 aromatic carbocycles.